The number of benzene rings is 1. The van der Waals surface area contributed by atoms with E-state index in [9.17, 15) is 45.5 Å². The minimum atomic E-state index is -6.33. The molecule has 2 rings (SSSR count). The van der Waals surface area contributed by atoms with Gasteiger partial charge < -0.3 is 16.7 Å². The molecule has 0 saturated heterocycles. The third-order valence-corrected chi connectivity index (χ3v) is 4.99. The maximum Gasteiger partial charge on any atom is 0.435 e. The molecular weight excluding hydrogens is 463 g/mol. The molecule has 0 saturated carbocycles. The van der Waals surface area contributed by atoms with Crippen LogP contribution in [0.3, 0.4) is 0 Å². The zero-order valence-electron chi connectivity index (χ0n) is 17.4. The molecule has 0 atom stereocenters. The summed E-state index contributed by atoms with van der Waals surface area (Å²) < 4.78 is 93.4. The van der Waals surface area contributed by atoms with Gasteiger partial charge in [-0.15, -0.1) is 0 Å². The molecule has 0 bridgehead atoms. The topological polar surface area (TPSA) is 113 Å². The first-order chi connectivity index (χ1) is 14.9. The summed E-state index contributed by atoms with van der Waals surface area (Å²) in [7, 11) is 0. The number of halogens is 7. The van der Waals surface area contributed by atoms with Gasteiger partial charge in [0, 0.05) is 11.5 Å². The average Bonchev–Trinajstić information content (AvgIpc) is 2.63. The van der Waals surface area contributed by atoms with E-state index < -0.39 is 52.4 Å². The summed E-state index contributed by atoms with van der Waals surface area (Å²) in [6.07, 6.45) is -12.0. The summed E-state index contributed by atoms with van der Waals surface area (Å²) >= 11 is 0. The van der Waals surface area contributed by atoms with Crippen LogP contribution in [0.2, 0.25) is 0 Å². The maximum absolute atomic E-state index is 14.5. The van der Waals surface area contributed by atoms with Crippen molar-refractivity contribution in [3.05, 3.63) is 57.6 Å². The lowest BCUT2D eigenvalue weighted by Crippen LogP contribution is -2.50. The Morgan fingerprint density at radius 1 is 0.970 bits per heavy atom. The molecular formula is C20H18F7N3O3. The van der Waals surface area contributed by atoms with Crippen molar-refractivity contribution in [1.29, 1.82) is 0 Å². The van der Waals surface area contributed by atoms with Crippen LogP contribution in [0.5, 0.6) is 0 Å². The number of carbonyl (C=O) groups is 2. The van der Waals surface area contributed by atoms with Crippen LogP contribution < -0.4 is 16.2 Å². The molecule has 2 amide bonds. The number of amides is 2. The Bertz CT molecular complexity index is 1110. The highest BCUT2D eigenvalue weighted by Gasteiger charge is 2.73. The van der Waals surface area contributed by atoms with Crippen molar-refractivity contribution >= 4 is 11.8 Å². The van der Waals surface area contributed by atoms with Crippen molar-refractivity contribution in [3.8, 4) is 11.1 Å². The predicted molar refractivity (Wildman–Crippen MR) is 102 cm³/mol. The van der Waals surface area contributed by atoms with Gasteiger partial charge in [0.25, 0.3) is 11.8 Å². The number of pyridine rings is 1. The minimum Gasteiger partial charge on any atom is -0.618 e. The van der Waals surface area contributed by atoms with E-state index in [-0.39, 0.29) is 33.2 Å². The minimum absolute atomic E-state index is 0.164. The van der Waals surface area contributed by atoms with Gasteiger partial charge in [0.05, 0.1) is 11.1 Å². The fraction of sp³-hybridized carbons (Fsp3) is 0.350. The molecule has 33 heavy (non-hydrogen) atoms. The Kier molecular flexibility index (Phi) is 6.43. The first kappa shape index (κ1) is 25.9. The highest BCUT2D eigenvalue weighted by molar-refractivity contribution is 6.10. The Hall–Kier alpha value is -3.38. The highest BCUT2D eigenvalue weighted by atomic mass is 19.4. The average molecular weight is 481 g/mol. The summed E-state index contributed by atoms with van der Waals surface area (Å²) in [5.41, 5.74) is 0.946. The van der Waals surface area contributed by atoms with E-state index in [0.717, 1.165) is 6.92 Å². The third kappa shape index (κ3) is 4.18. The summed E-state index contributed by atoms with van der Waals surface area (Å²) in [5, 5.41) is 12.6. The molecule has 1 aromatic carbocycles. The first-order valence-corrected chi connectivity index (χ1v) is 9.19. The molecule has 0 spiro atoms. The van der Waals surface area contributed by atoms with Crippen molar-refractivity contribution in [2.24, 2.45) is 11.5 Å². The predicted octanol–water partition coefficient (Wildman–Crippen LogP) is 3.91. The van der Waals surface area contributed by atoms with Crippen LogP contribution in [0.15, 0.2) is 24.4 Å². The molecule has 1 heterocycles. The lowest BCUT2D eigenvalue weighted by molar-refractivity contribution is -0.614. The van der Waals surface area contributed by atoms with E-state index in [0.29, 0.717) is 18.3 Å². The molecule has 2 aromatic rings. The van der Waals surface area contributed by atoms with Crippen LogP contribution in [0, 0.1) is 12.1 Å². The lowest BCUT2D eigenvalue weighted by Gasteiger charge is -2.31. The van der Waals surface area contributed by atoms with Crippen molar-refractivity contribution in [2.45, 2.75) is 44.7 Å². The Balaban J connectivity index is 2.99. The van der Waals surface area contributed by atoms with Crippen LogP contribution >= 0.6 is 0 Å². The van der Waals surface area contributed by atoms with Crippen molar-refractivity contribution in [2.75, 3.05) is 0 Å². The molecule has 0 unspecified atom stereocenters. The number of aromatic nitrogens is 1. The van der Waals surface area contributed by atoms with Gasteiger partial charge in [-0.1, -0.05) is 32.0 Å². The van der Waals surface area contributed by atoms with E-state index in [2.05, 4.69) is 0 Å². The largest absolute Gasteiger partial charge is 0.618 e. The van der Waals surface area contributed by atoms with Gasteiger partial charge in [-0.3, -0.25) is 9.59 Å². The number of carbonyl (C=O) groups excluding carboxylic acids is 2. The highest BCUT2D eigenvalue weighted by Crippen LogP contribution is 2.53. The fourth-order valence-electron chi connectivity index (χ4n) is 3.53. The lowest BCUT2D eigenvalue weighted by atomic mass is 9.85. The molecule has 0 fully saturated rings. The van der Waals surface area contributed by atoms with Gasteiger partial charge in [0.2, 0.25) is 5.69 Å². The Morgan fingerprint density at radius 2 is 1.48 bits per heavy atom. The Morgan fingerprint density at radius 3 is 1.85 bits per heavy atom. The number of aryl methyl sites for hydroxylation is 1. The smallest absolute Gasteiger partial charge is 0.435 e. The zero-order valence-corrected chi connectivity index (χ0v) is 17.4. The summed E-state index contributed by atoms with van der Waals surface area (Å²) in [6, 6.07) is 1.23. The molecule has 6 nitrogen and oxygen atoms in total. The van der Waals surface area contributed by atoms with Crippen LogP contribution in [0.25, 0.3) is 11.1 Å². The van der Waals surface area contributed by atoms with Gasteiger partial charge in [0.1, 0.15) is 5.56 Å². The van der Waals surface area contributed by atoms with Crippen LogP contribution in [-0.4, -0.2) is 24.2 Å². The SMILES string of the molecule is Cc1cc(C(F)(C(F)(F)F)C(F)(F)F)ccc1-c1c(C(N)=O)c(C(N)=O)c[n+]([O-])c1C(C)C. The maximum atomic E-state index is 14.5. The van der Waals surface area contributed by atoms with Crippen molar-refractivity contribution in [3.63, 3.8) is 0 Å². The first-order valence-electron chi connectivity index (χ1n) is 9.19. The Labute approximate surface area is 182 Å². The van der Waals surface area contributed by atoms with Crippen LogP contribution in [0.4, 0.5) is 30.7 Å². The van der Waals surface area contributed by atoms with Gasteiger partial charge in [-0.25, -0.2) is 4.39 Å². The van der Waals surface area contributed by atoms with E-state index in [4.69, 9.17) is 11.5 Å². The van der Waals surface area contributed by atoms with Crippen LogP contribution in [-0.2, 0) is 5.67 Å². The van der Waals surface area contributed by atoms with Crippen molar-refractivity contribution < 1.29 is 45.1 Å². The van der Waals surface area contributed by atoms with E-state index in [1.807, 2.05) is 0 Å². The summed E-state index contributed by atoms with van der Waals surface area (Å²) in [5.74, 6) is -3.10. The number of nitrogens with two attached hydrogens (primary N) is 2. The van der Waals surface area contributed by atoms with Crippen LogP contribution in [0.1, 0.15) is 57.3 Å². The van der Waals surface area contributed by atoms with Gasteiger partial charge in [-0.2, -0.15) is 31.1 Å². The molecule has 0 aliphatic heterocycles. The molecule has 180 valence electrons. The monoisotopic (exact) mass is 481 g/mol. The zero-order chi connectivity index (χ0) is 25.7. The second kappa shape index (κ2) is 8.19. The fourth-order valence-corrected chi connectivity index (χ4v) is 3.53. The molecule has 0 radical (unpaired) electrons. The third-order valence-electron chi connectivity index (χ3n) is 4.99. The van der Waals surface area contributed by atoms with E-state index in [1.165, 1.54) is 13.8 Å². The molecule has 1 aromatic heterocycles. The van der Waals surface area contributed by atoms with Gasteiger partial charge >= 0.3 is 18.0 Å². The molecule has 0 aliphatic carbocycles. The number of hydrogen-bond donors (Lipinski definition) is 2. The number of rotatable bonds is 5. The van der Waals surface area contributed by atoms with E-state index >= 15 is 0 Å². The molecule has 4 N–H and O–H groups in total. The number of nitrogens with zero attached hydrogens (tertiary/aromatic N) is 1. The van der Waals surface area contributed by atoms with Gasteiger partial charge in [-0.05, 0) is 18.1 Å². The second-order valence-corrected chi connectivity index (χ2v) is 7.57. The number of hydrogen-bond acceptors (Lipinski definition) is 3. The number of alkyl halides is 7. The van der Waals surface area contributed by atoms with Gasteiger partial charge in [0.15, 0.2) is 6.20 Å². The number of primary amides is 2. The molecule has 0 aliphatic rings. The standard InChI is InChI=1S/C20H18F7N3O3/c1-8(2)15-13(14(17(29)32)12(16(28)31)7-30(15)33)11-5-4-10(6-9(11)3)18(21,19(22,23)24)20(25,26)27/h4-8H,1-3H3,(H2,28,31)(H2,29,32). The quantitative estimate of drug-likeness (QED) is 0.384. The molecule has 13 heteroatoms. The van der Waals surface area contributed by atoms with Crippen molar-refractivity contribution in [1.82, 2.24) is 0 Å². The summed E-state index contributed by atoms with van der Waals surface area (Å²) in [4.78, 5) is 23.9. The van der Waals surface area contributed by atoms with E-state index in [1.54, 1.807) is 0 Å². The summed E-state index contributed by atoms with van der Waals surface area (Å²) in [6.45, 7) is 4.06. The normalized spacial score (nSPS) is 12.8. The second-order valence-electron chi connectivity index (χ2n) is 7.57.